The molecule has 4 rings (SSSR count). The highest BCUT2D eigenvalue weighted by Crippen LogP contribution is 2.34. The topological polar surface area (TPSA) is 84.5 Å². The van der Waals surface area contributed by atoms with Crippen LogP contribution >= 0.6 is 0 Å². The van der Waals surface area contributed by atoms with E-state index < -0.39 is 10.0 Å². The van der Waals surface area contributed by atoms with Gasteiger partial charge in [-0.05, 0) is 36.1 Å². The van der Waals surface area contributed by atoms with E-state index in [9.17, 15) is 13.2 Å². The van der Waals surface area contributed by atoms with Crippen LogP contribution in [0.15, 0.2) is 53.4 Å². The SMILES string of the molecule is O=C1NCCc2ccc(S(=O)(=O)NC[C@@H]3CCO[C@H]3c3ccccc3)cc21. The molecule has 2 aromatic rings. The molecular formula is C20H22N2O4S. The molecule has 1 amide bonds. The van der Waals surface area contributed by atoms with Crippen LogP contribution in [0.3, 0.4) is 0 Å². The summed E-state index contributed by atoms with van der Waals surface area (Å²) in [5.41, 5.74) is 2.38. The van der Waals surface area contributed by atoms with Crippen molar-refractivity contribution in [2.75, 3.05) is 19.7 Å². The van der Waals surface area contributed by atoms with E-state index in [0.29, 0.717) is 31.7 Å². The summed E-state index contributed by atoms with van der Waals surface area (Å²) in [6.45, 7) is 1.49. The van der Waals surface area contributed by atoms with Gasteiger partial charge in [-0.3, -0.25) is 4.79 Å². The Morgan fingerprint density at radius 1 is 1.15 bits per heavy atom. The Morgan fingerprint density at radius 3 is 2.78 bits per heavy atom. The number of rotatable bonds is 5. The van der Waals surface area contributed by atoms with Crippen LogP contribution < -0.4 is 10.0 Å². The van der Waals surface area contributed by atoms with Crippen LogP contribution in [0.25, 0.3) is 0 Å². The summed E-state index contributed by atoms with van der Waals surface area (Å²) in [4.78, 5) is 12.1. The molecule has 0 aliphatic carbocycles. The van der Waals surface area contributed by atoms with Gasteiger partial charge in [0.2, 0.25) is 10.0 Å². The molecule has 1 saturated heterocycles. The predicted octanol–water partition coefficient (Wildman–Crippen LogP) is 2.03. The largest absolute Gasteiger partial charge is 0.373 e. The van der Waals surface area contributed by atoms with Gasteiger partial charge in [-0.25, -0.2) is 13.1 Å². The van der Waals surface area contributed by atoms with Gasteiger partial charge in [0, 0.05) is 31.2 Å². The number of fused-ring (bicyclic) bond motifs is 1. The first-order chi connectivity index (χ1) is 13.0. The first-order valence-electron chi connectivity index (χ1n) is 9.12. The number of amides is 1. The monoisotopic (exact) mass is 386 g/mol. The highest BCUT2D eigenvalue weighted by molar-refractivity contribution is 7.89. The van der Waals surface area contributed by atoms with E-state index in [4.69, 9.17) is 4.74 Å². The van der Waals surface area contributed by atoms with Gasteiger partial charge in [0.25, 0.3) is 5.91 Å². The molecule has 6 nitrogen and oxygen atoms in total. The third-order valence-electron chi connectivity index (χ3n) is 5.19. The first-order valence-corrected chi connectivity index (χ1v) is 10.6. The van der Waals surface area contributed by atoms with Gasteiger partial charge in [0.15, 0.2) is 0 Å². The molecule has 2 atom stereocenters. The molecule has 2 aromatic carbocycles. The van der Waals surface area contributed by atoms with Gasteiger partial charge < -0.3 is 10.1 Å². The molecule has 142 valence electrons. The van der Waals surface area contributed by atoms with Crippen molar-refractivity contribution in [1.82, 2.24) is 10.0 Å². The second-order valence-electron chi connectivity index (χ2n) is 6.93. The first kappa shape index (κ1) is 18.2. The van der Waals surface area contributed by atoms with E-state index >= 15 is 0 Å². The minimum absolute atomic E-state index is 0.0723. The summed E-state index contributed by atoms with van der Waals surface area (Å²) in [5.74, 6) is -0.148. The minimum atomic E-state index is -3.70. The van der Waals surface area contributed by atoms with Crippen molar-refractivity contribution in [3.63, 3.8) is 0 Å². The molecule has 2 N–H and O–H groups in total. The van der Waals surface area contributed by atoms with Gasteiger partial charge in [0.1, 0.15) is 0 Å². The van der Waals surface area contributed by atoms with Gasteiger partial charge in [-0.15, -0.1) is 0 Å². The Labute approximate surface area is 159 Å². The van der Waals surface area contributed by atoms with Crippen LogP contribution in [0.5, 0.6) is 0 Å². The number of benzene rings is 2. The van der Waals surface area contributed by atoms with Crippen molar-refractivity contribution in [3.05, 3.63) is 65.2 Å². The smallest absolute Gasteiger partial charge is 0.251 e. The maximum absolute atomic E-state index is 12.7. The van der Waals surface area contributed by atoms with E-state index in [-0.39, 0.29) is 22.8 Å². The summed E-state index contributed by atoms with van der Waals surface area (Å²) in [6.07, 6.45) is 1.41. The molecule has 0 spiro atoms. The Balaban J connectivity index is 1.49. The van der Waals surface area contributed by atoms with Crippen LogP contribution in [-0.4, -0.2) is 34.0 Å². The molecule has 2 aliphatic rings. The van der Waals surface area contributed by atoms with Crippen molar-refractivity contribution < 1.29 is 17.9 Å². The number of sulfonamides is 1. The second kappa shape index (κ2) is 7.42. The average Bonchev–Trinajstić information content (AvgIpc) is 3.16. The fraction of sp³-hybridized carbons (Fsp3) is 0.350. The zero-order valence-corrected chi connectivity index (χ0v) is 15.7. The number of carbonyl (C=O) groups excluding carboxylic acids is 1. The van der Waals surface area contributed by atoms with Crippen LogP contribution in [0.2, 0.25) is 0 Å². The van der Waals surface area contributed by atoms with E-state index in [2.05, 4.69) is 10.0 Å². The van der Waals surface area contributed by atoms with Crippen LogP contribution in [0.1, 0.15) is 34.0 Å². The van der Waals surface area contributed by atoms with Gasteiger partial charge in [-0.1, -0.05) is 36.4 Å². The third kappa shape index (κ3) is 3.76. The Bertz CT molecular complexity index is 944. The van der Waals surface area contributed by atoms with E-state index in [0.717, 1.165) is 17.5 Å². The Kier molecular flexibility index (Phi) is 4.99. The van der Waals surface area contributed by atoms with Crippen molar-refractivity contribution in [2.45, 2.75) is 23.8 Å². The fourth-order valence-electron chi connectivity index (χ4n) is 3.71. The molecule has 0 aromatic heterocycles. The summed E-state index contributed by atoms with van der Waals surface area (Å²) in [6, 6.07) is 14.6. The van der Waals surface area contributed by atoms with Gasteiger partial charge >= 0.3 is 0 Å². The maximum Gasteiger partial charge on any atom is 0.251 e. The molecule has 0 radical (unpaired) electrons. The summed E-state index contributed by atoms with van der Waals surface area (Å²) >= 11 is 0. The lowest BCUT2D eigenvalue weighted by atomic mass is 9.96. The van der Waals surface area contributed by atoms with Crippen molar-refractivity contribution >= 4 is 15.9 Å². The minimum Gasteiger partial charge on any atom is -0.373 e. The number of hydrogen-bond acceptors (Lipinski definition) is 4. The van der Waals surface area contributed by atoms with Crippen LogP contribution in [0, 0.1) is 5.92 Å². The standard InChI is InChI=1S/C20H22N2O4S/c23-20-18-12-17(7-6-14(18)8-10-21-20)27(24,25)22-13-16-9-11-26-19(16)15-4-2-1-3-5-15/h1-7,12,16,19,22H,8-11,13H2,(H,21,23)/t16-,19-/m0/s1. The molecule has 2 aliphatic heterocycles. The molecule has 27 heavy (non-hydrogen) atoms. The zero-order chi connectivity index (χ0) is 18.9. The van der Waals surface area contributed by atoms with Crippen LogP contribution in [0.4, 0.5) is 0 Å². The third-order valence-corrected chi connectivity index (χ3v) is 6.62. The predicted molar refractivity (Wildman–Crippen MR) is 101 cm³/mol. The van der Waals surface area contributed by atoms with Crippen molar-refractivity contribution in [2.24, 2.45) is 5.92 Å². The van der Waals surface area contributed by atoms with Crippen molar-refractivity contribution in [1.29, 1.82) is 0 Å². The summed E-state index contributed by atoms with van der Waals surface area (Å²) < 4.78 is 34.0. The molecule has 0 bridgehead atoms. The lowest BCUT2D eigenvalue weighted by molar-refractivity contribution is 0.0917. The molecular weight excluding hydrogens is 364 g/mol. The Hall–Kier alpha value is -2.22. The fourth-order valence-corrected chi connectivity index (χ4v) is 4.83. The molecule has 1 fully saturated rings. The van der Waals surface area contributed by atoms with E-state index in [1.165, 1.54) is 6.07 Å². The normalized spacial score (nSPS) is 22.3. The second-order valence-corrected chi connectivity index (χ2v) is 8.69. The number of ether oxygens (including phenoxy) is 1. The van der Waals surface area contributed by atoms with Gasteiger partial charge in [0.05, 0.1) is 11.0 Å². The maximum atomic E-state index is 12.7. The zero-order valence-electron chi connectivity index (χ0n) is 14.9. The molecule has 0 saturated carbocycles. The van der Waals surface area contributed by atoms with Crippen LogP contribution in [-0.2, 0) is 21.2 Å². The lowest BCUT2D eigenvalue weighted by Gasteiger charge is -2.20. The number of hydrogen-bond donors (Lipinski definition) is 2. The highest BCUT2D eigenvalue weighted by atomic mass is 32.2. The molecule has 2 heterocycles. The Morgan fingerprint density at radius 2 is 1.96 bits per heavy atom. The van der Waals surface area contributed by atoms with Crippen molar-refractivity contribution in [3.8, 4) is 0 Å². The number of nitrogens with one attached hydrogen (secondary N) is 2. The van der Waals surface area contributed by atoms with Gasteiger partial charge in [-0.2, -0.15) is 0 Å². The van der Waals surface area contributed by atoms with E-state index in [1.807, 2.05) is 30.3 Å². The summed E-state index contributed by atoms with van der Waals surface area (Å²) in [5, 5.41) is 2.75. The lowest BCUT2D eigenvalue weighted by Crippen LogP contribution is -2.33. The molecule has 7 heteroatoms. The quantitative estimate of drug-likeness (QED) is 0.824. The highest BCUT2D eigenvalue weighted by Gasteiger charge is 2.31. The average molecular weight is 386 g/mol. The number of carbonyl (C=O) groups is 1. The van der Waals surface area contributed by atoms with E-state index in [1.54, 1.807) is 12.1 Å². The summed E-state index contributed by atoms with van der Waals surface area (Å²) in [7, 11) is -3.70. The molecule has 0 unspecified atom stereocenters.